The lowest BCUT2D eigenvalue weighted by Gasteiger charge is -2.29. The fourth-order valence-electron chi connectivity index (χ4n) is 3.74. The van der Waals surface area contributed by atoms with Crippen molar-refractivity contribution in [2.75, 3.05) is 31.0 Å². The number of anilines is 2. The van der Waals surface area contributed by atoms with E-state index in [-0.39, 0.29) is 5.91 Å². The van der Waals surface area contributed by atoms with Crippen LogP contribution < -0.4 is 19.7 Å². The van der Waals surface area contributed by atoms with Crippen molar-refractivity contribution in [2.45, 2.75) is 26.4 Å². The van der Waals surface area contributed by atoms with Gasteiger partial charge in [-0.2, -0.15) is 5.10 Å². The molecule has 0 saturated heterocycles. The summed E-state index contributed by atoms with van der Waals surface area (Å²) in [7, 11) is 3.15. The van der Waals surface area contributed by atoms with Crippen LogP contribution in [-0.4, -0.2) is 36.5 Å². The molecule has 4 rings (SSSR count). The summed E-state index contributed by atoms with van der Waals surface area (Å²) in [4.78, 5) is 15.0. The molecule has 1 amide bonds. The highest BCUT2D eigenvalue weighted by Gasteiger charge is 2.18. The zero-order valence-corrected chi connectivity index (χ0v) is 17.5. The molecule has 3 aromatic rings. The van der Waals surface area contributed by atoms with Gasteiger partial charge in [-0.25, -0.2) is 4.68 Å². The molecule has 2 heterocycles. The van der Waals surface area contributed by atoms with Gasteiger partial charge in [-0.05, 0) is 43.2 Å². The van der Waals surface area contributed by atoms with Crippen molar-refractivity contribution >= 4 is 17.4 Å². The van der Waals surface area contributed by atoms with Crippen LogP contribution in [0.25, 0.3) is 0 Å². The smallest absolute Gasteiger partial charge is 0.255 e. The van der Waals surface area contributed by atoms with E-state index < -0.39 is 0 Å². The maximum absolute atomic E-state index is 12.6. The number of methoxy groups -OCH3 is 2. The third kappa shape index (κ3) is 4.10. The zero-order chi connectivity index (χ0) is 21.1. The first kappa shape index (κ1) is 19.8. The molecule has 1 aliphatic rings. The van der Waals surface area contributed by atoms with Crippen molar-refractivity contribution in [2.24, 2.45) is 0 Å². The fourth-order valence-corrected chi connectivity index (χ4v) is 3.74. The molecular formula is C23H26N4O3. The molecule has 0 fully saturated rings. The third-order valence-corrected chi connectivity index (χ3v) is 5.23. The molecule has 0 radical (unpaired) electrons. The highest BCUT2D eigenvalue weighted by atomic mass is 16.5. The van der Waals surface area contributed by atoms with Gasteiger partial charge in [0.25, 0.3) is 5.91 Å². The maximum Gasteiger partial charge on any atom is 0.255 e. The second-order valence-electron chi connectivity index (χ2n) is 7.36. The van der Waals surface area contributed by atoms with Crippen molar-refractivity contribution in [1.82, 2.24) is 9.78 Å². The second-order valence-corrected chi connectivity index (χ2v) is 7.36. The lowest BCUT2D eigenvalue weighted by molar-refractivity contribution is 0.102. The lowest BCUT2D eigenvalue weighted by atomic mass is 10.1. The number of aryl methyl sites for hydroxylation is 2. The van der Waals surface area contributed by atoms with Crippen LogP contribution in [0.3, 0.4) is 0 Å². The first-order valence-corrected chi connectivity index (χ1v) is 9.99. The molecule has 7 nitrogen and oxygen atoms in total. The number of rotatable bonds is 6. The fraction of sp³-hybridized carbons (Fsp3) is 0.304. The van der Waals surface area contributed by atoms with Gasteiger partial charge in [-0.3, -0.25) is 4.79 Å². The van der Waals surface area contributed by atoms with E-state index in [0.717, 1.165) is 43.1 Å². The maximum atomic E-state index is 12.6. The summed E-state index contributed by atoms with van der Waals surface area (Å²) >= 11 is 0. The number of nitrogens with one attached hydrogen (secondary N) is 1. The number of benzene rings is 2. The topological polar surface area (TPSA) is 68.6 Å². The number of nitrogens with zero attached hydrogens (tertiary/aromatic N) is 3. The van der Waals surface area contributed by atoms with Gasteiger partial charge in [0, 0.05) is 43.0 Å². The average molecular weight is 406 g/mol. The van der Waals surface area contributed by atoms with E-state index in [0.29, 0.717) is 22.7 Å². The Labute approximate surface area is 176 Å². The SMILES string of the molecule is COc1ccc(NC(=O)c2ccc(CN3CCCn4nc(C)cc43)cc2)cc1OC. The van der Waals surface area contributed by atoms with E-state index in [1.54, 1.807) is 32.4 Å². The van der Waals surface area contributed by atoms with Gasteiger partial charge in [0.05, 0.1) is 19.9 Å². The monoisotopic (exact) mass is 406 g/mol. The zero-order valence-electron chi connectivity index (χ0n) is 17.5. The quantitative estimate of drug-likeness (QED) is 0.673. The van der Waals surface area contributed by atoms with Crippen LogP contribution in [0.1, 0.15) is 28.0 Å². The molecule has 30 heavy (non-hydrogen) atoms. The highest BCUT2D eigenvalue weighted by Crippen LogP contribution is 2.30. The molecule has 0 atom stereocenters. The normalized spacial score (nSPS) is 13.0. The Hall–Kier alpha value is -3.48. The van der Waals surface area contributed by atoms with E-state index in [2.05, 4.69) is 26.1 Å². The minimum atomic E-state index is -0.166. The van der Waals surface area contributed by atoms with Crippen LogP contribution in [0, 0.1) is 6.92 Å². The molecule has 0 saturated carbocycles. The third-order valence-electron chi connectivity index (χ3n) is 5.23. The standard InChI is InChI=1S/C23H26N4O3/c1-16-13-22-26(11-4-12-27(22)25-16)15-17-5-7-18(8-6-17)23(28)24-19-9-10-20(29-2)21(14-19)30-3/h5-10,13-14H,4,11-12,15H2,1-3H3,(H,24,28). The van der Waals surface area contributed by atoms with Crippen molar-refractivity contribution in [3.63, 3.8) is 0 Å². The van der Waals surface area contributed by atoms with E-state index in [9.17, 15) is 4.79 Å². The van der Waals surface area contributed by atoms with Gasteiger partial charge in [-0.1, -0.05) is 12.1 Å². The first-order chi connectivity index (χ1) is 14.6. The Morgan fingerprint density at radius 1 is 1.03 bits per heavy atom. The number of hydrogen-bond donors (Lipinski definition) is 1. The largest absolute Gasteiger partial charge is 0.493 e. The first-order valence-electron chi connectivity index (χ1n) is 9.99. The van der Waals surface area contributed by atoms with E-state index in [1.807, 2.05) is 31.2 Å². The van der Waals surface area contributed by atoms with E-state index in [4.69, 9.17) is 9.47 Å². The molecule has 7 heteroatoms. The molecule has 1 aromatic heterocycles. The number of ether oxygens (including phenoxy) is 2. The summed E-state index contributed by atoms with van der Waals surface area (Å²) in [6, 6.07) is 15.2. The molecule has 0 aliphatic carbocycles. The number of carbonyl (C=O) groups excluding carboxylic acids is 1. The van der Waals surface area contributed by atoms with Gasteiger partial charge in [0.2, 0.25) is 0 Å². The minimum Gasteiger partial charge on any atom is -0.493 e. The lowest BCUT2D eigenvalue weighted by Crippen LogP contribution is -2.31. The van der Waals surface area contributed by atoms with Crippen LogP contribution in [0.15, 0.2) is 48.5 Å². The molecule has 0 bridgehead atoms. The summed E-state index contributed by atoms with van der Waals surface area (Å²) in [5.74, 6) is 2.19. The summed E-state index contributed by atoms with van der Waals surface area (Å²) in [5, 5.41) is 7.45. The molecule has 0 unspecified atom stereocenters. The number of carbonyl (C=O) groups is 1. The van der Waals surface area contributed by atoms with Gasteiger partial charge in [0.1, 0.15) is 5.82 Å². The van der Waals surface area contributed by atoms with Crippen molar-refractivity contribution in [3.8, 4) is 11.5 Å². The number of aromatic nitrogens is 2. The Bertz CT molecular complexity index is 1040. The average Bonchev–Trinajstić information content (AvgIpc) is 3.15. The Morgan fingerprint density at radius 2 is 1.80 bits per heavy atom. The minimum absolute atomic E-state index is 0.166. The summed E-state index contributed by atoms with van der Waals surface area (Å²) < 4.78 is 12.6. The number of hydrogen-bond acceptors (Lipinski definition) is 5. The molecule has 1 N–H and O–H groups in total. The van der Waals surface area contributed by atoms with Crippen LogP contribution in [-0.2, 0) is 13.1 Å². The van der Waals surface area contributed by atoms with Crippen LogP contribution >= 0.6 is 0 Å². The van der Waals surface area contributed by atoms with Crippen molar-refractivity contribution < 1.29 is 14.3 Å². The predicted molar refractivity (Wildman–Crippen MR) is 117 cm³/mol. The van der Waals surface area contributed by atoms with Crippen LogP contribution in [0.4, 0.5) is 11.5 Å². The van der Waals surface area contributed by atoms with Crippen molar-refractivity contribution in [3.05, 3.63) is 65.4 Å². The van der Waals surface area contributed by atoms with E-state index in [1.165, 1.54) is 0 Å². The predicted octanol–water partition coefficient (Wildman–Crippen LogP) is 3.87. The van der Waals surface area contributed by atoms with Gasteiger partial charge >= 0.3 is 0 Å². The molecule has 0 spiro atoms. The van der Waals surface area contributed by atoms with Crippen LogP contribution in [0.2, 0.25) is 0 Å². The number of fused-ring (bicyclic) bond motifs is 1. The molecule has 156 valence electrons. The molecule has 2 aromatic carbocycles. The summed E-state index contributed by atoms with van der Waals surface area (Å²) in [6.45, 7) is 4.79. The van der Waals surface area contributed by atoms with Gasteiger partial charge in [0.15, 0.2) is 11.5 Å². The van der Waals surface area contributed by atoms with E-state index >= 15 is 0 Å². The van der Waals surface area contributed by atoms with Gasteiger partial charge < -0.3 is 19.7 Å². The summed E-state index contributed by atoms with van der Waals surface area (Å²) in [5.41, 5.74) is 3.45. The molecule has 1 aliphatic heterocycles. The highest BCUT2D eigenvalue weighted by molar-refractivity contribution is 6.04. The summed E-state index contributed by atoms with van der Waals surface area (Å²) in [6.07, 6.45) is 1.08. The Morgan fingerprint density at radius 3 is 2.53 bits per heavy atom. The molecular weight excluding hydrogens is 380 g/mol. The second kappa shape index (κ2) is 8.49. The van der Waals surface area contributed by atoms with Crippen molar-refractivity contribution in [1.29, 1.82) is 0 Å². The Kier molecular flexibility index (Phi) is 5.61. The van der Waals surface area contributed by atoms with Crippen LogP contribution in [0.5, 0.6) is 11.5 Å². The number of amides is 1. The van der Waals surface area contributed by atoms with Gasteiger partial charge in [-0.15, -0.1) is 0 Å². The Balaban J connectivity index is 1.43.